The van der Waals surface area contributed by atoms with E-state index in [9.17, 15) is 12.8 Å². The highest BCUT2D eigenvalue weighted by atomic mass is 32.2. The summed E-state index contributed by atoms with van der Waals surface area (Å²) in [6, 6.07) is 5.39. The normalized spacial score (nSPS) is 17.5. The van der Waals surface area contributed by atoms with Gasteiger partial charge in [0.25, 0.3) is 0 Å². The van der Waals surface area contributed by atoms with Gasteiger partial charge >= 0.3 is 0 Å². The van der Waals surface area contributed by atoms with Crippen LogP contribution in [0.15, 0.2) is 29.2 Å². The molecule has 106 valence electrons. The fourth-order valence-electron chi connectivity index (χ4n) is 2.01. The van der Waals surface area contributed by atoms with Crippen LogP contribution in [0, 0.1) is 5.82 Å². The average Bonchev–Trinajstić information content (AvgIpc) is 2.40. The smallest absolute Gasteiger partial charge is 0.243 e. The monoisotopic (exact) mass is 287 g/mol. The van der Waals surface area contributed by atoms with E-state index in [1.165, 1.54) is 18.2 Å². The van der Waals surface area contributed by atoms with Gasteiger partial charge in [-0.3, -0.25) is 4.90 Å². The summed E-state index contributed by atoms with van der Waals surface area (Å²) in [4.78, 5) is 1.87. The summed E-state index contributed by atoms with van der Waals surface area (Å²) in [6.45, 7) is 4.56. The Morgan fingerprint density at radius 2 is 1.95 bits per heavy atom. The van der Waals surface area contributed by atoms with Crippen LogP contribution in [0.5, 0.6) is 0 Å². The van der Waals surface area contributed by atoms with Gasteiger partial charge in [-0.2, -0.15) is 0 Å². The second kappa shape index (κ2) is 6.42. The summed E-state index contributed by atoms with van der Waals surface area (Å²) in [5.41, 5.74) is 0. The Morgan fingerprint density at radius 1 is 1.26 bits per heavy atom. The maximum atomic E-state index is 13.4. The molecule has 0 aliphatic carbocycles. The molecule has 1 aromatic rings. The highest BCUT2D eigenvalue weighted by Crippen LogP contribution is 2.12. The Bertz CT molecular complexity index is 515. The fraction of sp³-hybridized carbons (Fsp3) is 0.500. The third-order valence-corrected chi connectivity index (χ3v) is 4.55. The molecular weight excluding hydrogens is 269 g/mol. The Kier molecular flexibility index (Phi) is 4.87. The van der Waals surface area contributed by atoms with Gasteiger partial charge in [0, 0.05) is 39.3 Å². The van der Waals surface area contributed by atoms with E-state index in [2.05, 4.69) is 14.9 Å². The highest BCUT2D eigenvalue weighted by molar-refractivity contribution is 7.89. The third kappa shape index (κ3) is 3.97. The van der Waals surface area contributed by atoms with E-state index in [1.807, 2.05) is 0 Å². The van der Waals surface area contributed by atoms with Crippen molar-refractivity contribution in [2.24, 2.45) is 0 Å². The summed E-state index contributed by atoms with van der Waals surface area (Å²) in [5.74, 6) is -0.725. The van der Waals surface area contributed by atoms with Crippen LogP contribution in [-0.4, -0.2) is 52.6 Å². The Balaban J connectivity index is 1.89. The van der Waals surface area contributed by atoms with E-state index >= 15 is 0 Å². The molecule has 19 heavy (non-hydrogen) atoms. The Labute approximate surface area is 112 Å². The van der Waals surface area contributed by atoms with Gasteiger partial charge in [-0.05, 0) is 12.1 Å². The van der Waals surface area contributed by atoms with E-state index in [0.29, 0.717) is 6.54 Å². The lowest BCUT2D eigenvalue weighted by Gasteiger charge is -2.27. The number of benzene rings is 1. The van der Waals surface area contributed by atoms with E-state index in [0.717, 1.165) is 32.2 Å². The Morgan fingerprint density at radius 3 is 2.63 bits per heavy atom. The number of hydrogen-bond donors (Lipinski definition) is 2. The van der Waals surface area contributed by atoms with E-state index in [1.54, 1.807) is 0 Å². The predicted octanol–water partition coefficient (Wildman–Crippen LogP) is 0.00920. The van der Waals surface area contributed by atoms with Gasteiger partial charge in [0.05, 0.1) is 0 Å². The van der Waals surface area contributed by atoms with Crippen molar-refractivity contribution in [1.82, 2.24) is 14.9 Å². The molecule has 1 fully saturated rings. The van der Waals surface area contributed by atoms with Crippen molar-refractivity contribution >= 4 is 10.0 Å². The van der Waals surface area contributed by atoms with Gasteiger partial charge in [0.15, 0.2) is 0 Å². The standard InChI is InChI=1S/C12H18FN3O2S/c13-11-3-1-2-4-12(11)19(17,18)15-7-10-16-8-5-14-6-9-16/h1-4,14-15H,5-10H2. The van der Waals surface area contributed by atoms with Gasteiger partial charge in [-0.1, -0.05) is 12.1 Å². The lowest BCUT2D eigenvalue weighted by Crippen LogP contribution is -2.46. The Hall–Kier alpha value is -1.02. The molecule has 2 rings (SSSR count). The topological polar surface area (TPSA) is 61.4 Å². The largest absolute Gasteiger partial charge is 0.314 e. The molecule has 0 radical (unpaired) electrons. The van der Waals surface area contributed by atoms with Gasteiger partial charge in [-0.25, -0.2) is 17.5 Å². The molecule has 7 heteroatoms. The maximum Gasteiger partial charge on any atom is 0.243 e. The van der Waals surface area contributed by atoms with Crippen molar-refractivity contribution in [3.8, 4) is 0 Å². The molecular formula is C12H18FN3O2S. The molecule has 0 spiro atoms. The second-order valence-electron chi connectivity index (χ2n) is 4.42. The molecule has 1 heterocycles. The number of piperazine rings is 1. The average molecular weight is 287 g/mol. The minimum absolute atomic E-state index is 0.288. The van der Waals surface area contributed by atoms with Gasteiger partial charge < -0.3 is 5.32 Å². The number of rotatable bonds is 5. The number of hydrogen-bond acceptors (Lipinski definition) is 4. The van der Waals surface area contributed by atoms with Crippen LogP contribution < -0.4 is 10.0 Å². The van der Waals surface area contributed by atoms with E-state index in [-0.39, 0.29) is 11.4 Å². The number of halogens is 1. The fourth-order valence-corrected chi connectivity index (χ4v) is 3.11. The summed E-state index contributed by atoms with van der Waals surface area (Å²) in [6.07, 6.45) is 0. The van der Waals surface area contributed by atoms with Crippen molar-refractivity contribution in [2.45, 2.75) is 4.90 Å². The van der Waals surface area contributed by atoms with Crippen LogP contribution in [0.1, 0.15) is 0 Å². The molecule has 0 saturated carbocycles. The zero-order valence-electron chi connectivity index (χ0n) is 10.6. The first kappa shape index (κ1) is 14.4. The quantitative estimate of drug-likeness (QED) is 0.801. The first-order chi connectivity index (χ1) is 9.09. The molecule has 1 aliphatic heterocycles. The summed E-state index contributed by atoms with van der Waals surface area (Å²) in [5, 5.41) is 3.22. The summed E-state index contributed by atoms with van der Waals surface area (Å²) < 4.78 is 39.7. The lowest BCUT2D eigenvalue weighted by molar-refractivity contribution is 0.245. The predicted molar refractivity (Wildman–Crippen MR) is 70.9 cm³/mol. The van der Waals surface area contributed by atoms with Crippen molar-refractivity contribution in [1.29, 1.82) is 0 Å². The first-order valence-corrected chi connectivity index (χ1v) is 7.75. The molecule has 2 N–H and O–H groups in total. The van der Waals surface area contributed by atoms with Crippen molar-refractivity contribution in [3.05, 3.63) is 30.1 Å². The highest BCUT2D eigenvalue weighted by Gasteiger charge is 2.18. The van der Waals surface area contributed by atoms with Crippen molar-refractivity contribution in [2.75, 3.05) is 39.3 Å². The molecule has 1 saturated heterocycles. The zero-order valence-corrected chi connectivity index (χ0v) is 11.4. The molecule has 5 nitrogen and oxygen atoms in total. The third-order valence-electron chi connectivity index (χ3n) is 3.06. The first-order valence-electron chi connectivity index (χ1n) is 6.27. The van der Waals surface area contributed by atoms with Crippen LogP contribution in [0.3, 0.4) is 0 Å². The molecule has 0 aromatic heterocycles. The lowest BCUT2D eigenvalue weighted by atomic mass is 10.3. The van der Waals surface area contributed by atoms with Crippen LogP contribution in [-0.2, 0) is 10.0 Å². The molecule has 0 atom stereocenters. The van der Waals surface area contributed by atoms with Crippen LogP contribution in [0.4, 0.5) is 4.39 Å². The number of nitrogens with one attached hydrogen (secondary N) is 2. The number of nitrogens with zero attached hydrogens (tertiary/aromatic N) is 1. The summed E-state index contributed by atoms with van der Waals surface area (Å²) >= 11 is 0. The molecule has 1 aliphatic rings. The SMILES string of the molecule is O=S(=O)(NCCN1CCNCC1)c1ccccc1F. The van der Waals surface area contributed by atoms with E-state index < -0.39 is 15.8 Å². The number of sulfonamides is 1. The van der Waals surface area contributed by atoms with Crippen molar-refractivity contribution in [3.63, 3.8) is 0 Å². The molecule has 0 bridgehead atoms. The van der Waals surface area contributed by atoms with Gasteiger partial charge in [-0.15, -0.1) is 0 Å². The molecule has 1 aromatic carbocycles. The van der Waals surface area contributed by atoms with Crippen molar-refractivity contribution < 1.29 is 12.8 Å². The van der Waals surface area contributed by atoms with Gasteiger partial charge in [0.2, 0.25) is 10.0 Å². The van der Waals surface area contributed by atoms with E-state index in [4.69, 9.17) is 0 Å². The van der Waals surface area contributed by atoms with Crippen LogP contribution >= 0.6 is 0 Å². The zero-order chi connectivity index (χ0) is 13.7. The minimum Gasteiger partial charge on any atom is -0.314 e. The summed E-state index contributed by atoms with van der Waals surface area (Å²) in [7, 11) is -3.76. The molecule has 0 unspecified atom stereocenters. The van der Waals surface area contributed by atoms with Crippen LogP contribution in [0.2, 0.25) is 0 Å². The van der Waals surface area contributed by atoms with Gasteiger partial charge in [0.1, 0.15) is 10.7 Å². The minimum atomic E-state index is -3.76. The maximum absolute atomic E-state index is 13.4. The molecule has 0 amide bonds. The second-order valence-corrected chi connectivity index (χ2v) is 6.16. The van der Waals surface area contributed by atoms with Crippen LogP contribution in [0.25, 0.3) is 0 Å².